The molecule has 2 aromatic carbocycles. The minimum Gasteiger partial charge on any atom is -0.493 e. The SMILES string of the molecule is COc1cc(C(c2cc(OC)c(OC)c(OC)c2)N2CCCC2C(=O)O)cc(OC)c1OC. The molecule has 33 heavy (non-hydrogen) atoms. The standard InChI is InChI=1S/C24H31NO8/c1-28-17-10-14(11-18(29-2)22(17)32-5)21(25-9-7-8-16(25)24(26)27)15-12-19(30-3)23(33-6)20(13-15)31-4/h10-13,16,21H,7-9H2,1-6H3,(H,26,27). The van der Waals surface area contributed by atoms with Crippen LogP contribution in [-0.2, 0) is 4.79 Å². The van der Waals surface area contributed by atoms with Gasteiger partial charge in [-0.05, 0) is 48.2 Å². The second kappa shape index (κ2) is 10.5. The number of ether oxygens (including phenoxy) is 6. The Bertz CT molecular complexity index is 879. The number of rotatable bonds is 10. The van der Waals surface area contributed by atoms with Crippen LogP contribution in [0.4, 0.5) is 0 Å². The summed E-state index contributed by atoms with van der Waals surface area (Å²) in [6.07, 6.45) is 1.32. The number of hydrogen-bond acceptors (Lipinski definition) is 8. The van der Waals surface area contributed by atoms with Crippen molar-refractivity contribution in [3.63, 3.8) is 0 Å². The smallest absolute Gasteiger partial charge is 0.320 e. The van der Waals surface area contributed by atoms with E-state index >= 15 is 0 Å². The van der Waals surface area contributed by atoms with Crippen LogP contribution in [0.1, 0.15) is 30.0 Å². The van der Waals surface area contributed by atoms with Crippen molar-refractivity contribution < 1.29 is 38.3 Å². The van der Waals surface area contributed by atoms with E-state index in [1.54, 1.807) is 28.4 Å². The van der Waals surface area contributed by atoms with Crippen molar-refractivity contribution in [2.75, 3.05) is 49.2 Å². The highest BCUT2D eigenvalue weighted by molar-refractivity contribution is 5.74. The van der Waals surface area contributed by atoms with Gasteiger partial charge in [0.25, 0.3) is 0 Å². The Morgan fingerprint density at radius 1 is 0.788 bits per heavy atom. The Hall–Kier alpha value is -3.33. The van der Waals surface area contributed by atoms with Crippen LogP contribution in [0.25, 0.3) is 0 Å². The topological polar surface area (TPSA) is 95.9 Å². The van der Waals surface area contributed by atoms with Crippen molar-refractivity contribution in [3.8, 4) is 34.5 Å². The summed E-state index contributed by atoms with van der Waals surface area (Å²) in [7, 11) is 9.27. The molecule has 0 amide bonds. The molecule has 3 rings (SSSR count). The molecule has 0 aromatic heterocycles. The number of carbonyl (C=O) groups is 1. The molecule has 1 fully saturated rings. The first-order valence-corrected chi connectivity index (χ1v) is 10.5. The lowest BCUT2D eigenvalue weighted by atomic mass is 9.94. The monoisotopic (exact) mass is 461 g/mol. The Morgan fingerprint density at radius 2 is 1.18 bits per heavy atom. The van der Waals surface area contributed by atoms with E-state index < -0.39 is 18.1 Å². The summed E-state index contributed by atoms with van der Waals surface area (Å²) >= 11 is 0. The lowest BCUT2D eigenvalue weighted by Crippen LogP contribution is -2.39. The van der Waals surface area contributed by atoms with Crippen molar-refractivity contribution in [3.05, 3.63) is 35.4 Å². The Labute approximate surface area is 193 Å². The highest BCUT2D eigenvalue weighted by atomic mass is 16.5. The maximum atomic E-state index is 12.1. The van der Waals surface area contributed by atoms with E-state index in [4.69, 9.17) is 28.4 Å². The molecule has 1 unspecified atom stereocenters. The highest BCUT2D eigenvalue weighted by Crippen LogP contribution is 2.47. The summed E-state index contributed by atoms with van der Waals surface area (Å²) in [5.74, 6) is 1.99. The van der Waals surface area contributed by atoms with Gasteiger partial charge in [0.05, 0.1) is 48.7 Å². The lowest BCUT2D eigenvalue weighted by molar-refractivity contribution is -0.142. The molecule has 1 heterocycles. The molecule has 1 atom stereocenters. The highest BCUT2D eigenvalue weighted by Gasteiger charge is 2.38. The van der Waals surface area contributed by atoms with E-state index in [2.05, 4.69) is 0 Å². The van der Waals surface area contributed by atoms with Crippen molar-refractivity contribution >= 4 is 5.97 Å². The van der Waals surface area contributed by atoms with E-state index in [0.29, 0.717) is 47.5 Å². The van der Waals surface area contributed by atoms with Crippen LogP contribution >= 0.6 is 0 Å². The summed E-state index contributed by atoms with van der Waals surface area (Å²) in [6.45, 7) is 0.606. The molecule has 1 saturated heterocycles. The van der Waals surface area contributed by atoms with Gasteiger partial charge in [-0.15, -0.1) is 0 Å². The molecule has 9 nitrogen and oxygen atoms in total. The maximum Gasteiger partial charge on any atom is 0.320 e. The van der Waals surface area contributed by atoms with E-state index in [1.165, 1.54) is 14.2 Å². The molecule has 1 aliphatic rings. The summed E-state index contributed by atoms with van der Waals surface area (Å²) in [5.41, 5.74) is 1.57. The predicted molar refractivity (Wildman–Crippen MR) is 121 cm³/mol. The van der Waals surface area contributed by atoms with E-state index in [9.17, 15) is 9.90 Å². The average Bonchev–Trinajstić information content (AvgIpc) is 3.32. The molecule has 0 radical (unpaired) electrons. The average molecular weight is 462 g/mol. The number of carboxylic acids is 1. The number of nitrogens with zero attached hydrogens (tertiary/aromatic N) is 1. The van der Waals surface area contributed by atoms with E-state index in [-0.39, 0.29) is 0 Å². The van der Waals surface area contributed by atoms with Gasteiger partial charge in [0.15, 0.2) is 23.0 Å². The second-order valence-electron chi connectivity index (χ2n) is 7.55. The first-order valence-electron chi connectivity index (χ1n) is 10.5. The zero-order valence-corrected chi connectivity index (χ0v) is 19.8. The number of aliphatic carboxylic acids is 1. The number of methoxy groups -OCH3 is 6. The fourth-order valence-corrected chi connectivity index (χ4v) is 4.46. The molecule has 9 heteroatoms. The second-order valence-corrected chi connectivity index (χ2v) is 7.55. The van der Waals surface area contributed by atoms with Crippen LogP contribution in [0.15, 0.2) is 24.3 Å². The summed E-state index contributed by atoms with van der Waals surface area (Å²) in [4.78, 5) is 14.1. The summed E-state index contributed by atoms with van der Waals surface area (Å²) in [5, 5.41) is 9.91. The lowest BCUT2D eigenvalue weighted by Gasteiger charge is -2.33. The van der Waals surface area contributed by atoms with Gasteiger partial charge in [-0.1, -0.05) is 0 Å². The van der Waals surface area contributed by atoms with Crippen LogP contribution in [0.5, 0.6) is 34.5 Å². The molecule has 2 aromatic rings. The summed E-state index contributed by atoms with van der Waals surface area (Å²) in [6, 6.07) is 6.27. The van der Waals surface area contributed by atoms with Gasteiger partial charge in [-0.25, -0.2) is 0 Å². The minimum atomic E-state index is -0.864. The molecule has 0 aliphatic carbocycles. The van der Waals surface area contributed by atoms with Gasteiger partial charge in [-0.3, -0.25) is 9.69 Å². The quantitative estimate of drug-likeness (QED) is 0.571. The molecule has 0 spiro atoms. The maximum absolute atomic E-state index is 12.1. The normalized spacial score (nSPS) is 15.9. The molecule has 180 valence electrons. The number of hydrogen-bond donors (Lipinski definition) is 1. The Morgan fingerprint density at radius 3 is 1.48 bits per heavy atom. The third kappa shape index (κ3) is 4.59. The third-order valence-corrected chi connectivity index (χ3v) is 5.92. The van der Waals surface area contributed by atoms with Crippen LogP contribution < -0.4 is 28.4 Å². The predicted octanol–water partition coefficient (Wildman–Crippen LogP) is 3.38. The van der Waals surface area contributed by atoms with Gasteiger partial charge >= 0.3 is 5.97 Å². The molecule has 1 aliphatic heterocycles. The first-order chi connectivity index (χ1) is 15.9. The van der Waals surface area contributed by atoms with Gasteiger partial charge < -0.3 is 33.5 Å². The number of likely N-dealkylation sites (tertiary alicyclic amines) is 1. The van der Waals surface area contributed by atoms with Crippen molar-refractivity contribution in [1.82, 2.24) is 4.90 Å². The van der Waals surface area contributed by atoms with E-state index in [0.717, 1.165) is 17.5 Å². The first kappa shape index (κ1) is 24.3. The largest absolute Gasteiger partial charge is 0.493 e. The van der Waals surface area contributed by atoms with Crippen molar-refractivity contribution in [2.45, 2.75) is 24.9 Å². The number of benzene rings is 2. The zero-order valence-electron chi connectivity index (χ0n) is 19.8. The fraction of sp³-hybridized carbons (Fsp3) is 0.458. The number of carboxylic acid groups (broad SMARTS) is 1. The Kier molecular flexibility index (Phi) is 7.75. The Balaban J connectivity index is 2.28. The van der Waals surface area contributed by atoms with Gasteiger partial charge in [0.2, 0.25) is 11.5 Å². The van der Waals surface area contributed by atoms with Crippen LogP contribution in [0.2, 0.25) is 0 Å². The fourth-order valence-electron chi connectivity index (χ4n) is 4.46. The van der Waals surface area contributed by atoms with Crippen LogP contribution in [0, 0.1) is 0 Å². The third-order valence-electron chi connectivity index (χ3n) is 5.92. The van der Waals surface area contributed by atoms with Gasteiger partial charge in [0, 0.05) is 6.54 Å². The summed E-state index contributed by atoms with van der Waals surface area (Å²) < 4.78 is 33.2. The molecule has 1 N–H and O–H groups in total. The van der Waals surface area contributed by atoms with Crippen LogP contribution in [0.3, 0.4) is 0 Å². The van der Waals surface area contributed by atoms with Crippen molar-refractivity contribution in [1.29, 1.82) is 0 Å². The van der Waals surface area contributed by atoms with Crippen molar-refractivity contribution in [2.24, 2.45) is 0 Å². The molecule has 0 bridgehead atoms. The van der Waals surface area contributed by atoms with Crippen LogP contribution in [-0.4, -0.2) is 71.2 Å². The molecular formula is C24H31NO8. The molecule has 0 saturated carbocycles. The van der Waals surface area contributed by atoms with Gasteiger partial charge in [0.1, 0.15) is 6.04 Å². The molecular weight excluding hydrogens is 430 g/mol. The van der Waals surface area contributed by atoms with E-state index in [1.807, 2.05) is 29.2 Å². The zero-order chi connectivity index (χ0) is 24.1. The van der Waals surface area contributed by atoms with Gasteiger partial charge in [-0.2, -0.15) is 0 Å². The minimum absolute atomic E-state index is 0.448.